The van der Waals surface area contributed by atoms with Crippen molar-refractivity contribution >= 4 is 0 Å². The Morgan fingerprint density at radius 3 is 2.37 bits per heavy atom. The van der Waals surface area contributed by atoms with E-state index in [2.05, 4.69) is 31.2 Å². The summed E-state index contributed by atoms with van der Waals surface area (Å²) in [7, 11) is 0. The van der Waals surface area contributed by atoms with Crippen molar-refractivity contribution in [1.82, 2.24) is 0 Å². The number of fused-ring (bicyclic) bond motifs is 1. The van der Waals surface area contributed by atoms with E-state index in [1.54, 1.807) is 11.1 Å². The summed E-state index contributed by atoms with van der Waals surface area (Å²) in [5.74, 6) is 0.872. The highest BCUT2D eigenvalue weighted by Gasteiger charge is 2.20. The van der Waals surface area contributed by atoms with E-state index in [1.165, 1.54) is 70.6 Å². The van der Waals surface area contributed by atoms with Crippen molar-refractivity contribution in [3.8, 4) is 0 Å². The monoisotopic (exact) mass is 258 g/mol. The zero-order valence-electron chi connectivity index (χ0n) is 12.7. The van der Waals surface area contributed by atoms with Crippen molar-refractivity contribution in [3.63, 3.8) is 0 Å². The van der Waals surface area contributed by atoms with Crippen LogP contribution in [0.3, 0.4) is 0 Å². The second kappa shape index (κ2) is 8.40. The van der Waals surface area contributed by atoms with E-state index in [4.69, 9.17) is 0 Å². The molecule has 0 aromatic heterocycles. The molecule has 1 unspecified atom stereocenters. The van der Waals surface area contributed by atoms with Gasteiger partial charge < -0.3 is 0 Å². The average Bonchev–Trinajstić information content (AvgIpc) is 2.85. The van der Waals surface area contributed by atoms with Crippen molar-refractivity contribution in [2.24, 2.45) is 0 Å². The van der Waals surface area contributed by atoms with Crippen LogP contribution in [0.25, 0.3) is 0 Å². The summed E-state index contributed by atoms with van der Waals surface area (Å²) in [5, 5.41) is 0. The van der Waals surface area contributed by atoms with Crippen molar-refractivity contribution in [1.29, 1.82) is 0 Å². The third-order valence-corrected chi connectivity index (χ3v) is 4.66. The Hall–Kier alpha value is -0.780. The largest absolute Gasteiger partial charge is 0.0654 e. The maximum absolute atomic E-state index is 2.36. The van der Waals surface area contributed by atoms with Gasteiger partial charge in [0.2, 0.25) is 0 Å². The number of unbranched alkanes of at least 4 members (excludes halogenated alkanes) is 7. The van der Waals surface area contributed by atoms with Crippen LogP contribution in [0, 0.1) is 0 Å². The summed E-state index contributed by atoms with van der Waals surface area (Å²) in [5.41, 5.74) is 3.28. The van der Waals surface area contributed by atoms with E-state index in [-0.39, 0.29) is 0 Å². The summed E-state index contributed by atoms with van der Waals surface area (Å²) in [6.07, 6.45) is 15.6. The normalized spacial score (nSPS) is 17.6. The molecule has 1 aromatic rings. The molecule has 0 saturated heterocycles. The van der Waals surface area contributed by atoms with Gasteiger partial charge in [-0.3, -0.25) is 0 Å². The molecule has 0 fully saturated rings. The summed E-state index contributed by atoms with van der Waals surface area (Å²) in [6, 6.07) is 9.09. The molecule has 0 bridgehead atoms. The predicted molar refractivity (Wildman–Crippen MR) is 84.7 cm³/mol. The molecule has 0 N–H and O–H groups in total. The van der Waals surface area contributed by atoms with Gasteiger partial charge in [0.05, 0.1) is 0 Å². The summed E-state index contributed by atoms with van der Waals surface area (Å²) in [4.78, 5) is 0. The first-order valence-electron chi connectivity index (χ1n) is 8.49. The van der Waals surface area contributed by atoms with Crippen LogP contribution < -0.4 is 0 Å². The van der Waals surface area contributed by atoms with Crippen molar-refractivity contribution in [3.05, 3.63) is 35.4 Å². The Balaban J connectivity index is 1.55. The molecule has 0 nitrogen and oxygen atoms in total. The number of hydrogen-bond acceptors (Lipinski definition) is 0. The fraction of sp³-hybridized carbons (Fsp3) is 0.684. The van der Waals surface area contributed by atoms with E-state index in [0.717, 1.165) is 5.92 Å². The fourth-order valence-corrected chi connectivity index (χ4v) is 3.47. The lowest BCUT2D eigenvalue weighted by Gasteiger charge is -2.11. The Morgan fingerprint density at radius 1 is 0.895 bits per heavy atom. The van der Waals surface area contributed by atoms with E-state index < -0.39 is 0 Å². The van der Waals surface area contributed by atoms with Crippen LogP contribution in [0.1, 0.15) is 88.2 Å². The lowest BCUT2D eigenvalue weighted by Crippen LogP contribution is -1.93. The van der Waals surface area contributed by atoms with Gasteiger partial charge in [0.25, 0.3) is 0 Å². The molecule has 2 rings (SSSR count). The fourth-order valence-electron chi connectivity index (χ4n) is 3.47. The molecule has 0 heteroatoms. The van der Waals surface area contributed by atoms with Crippen LogP contribution in [0.15, 0.2) is 24.3 Å². The van der Waals surface area contributed by atoms with Crippen LogP contribution in [0.2, 0.25) is 0 Å². The molecule has 1 aliphatic carbocycles. The lowest BCUT2D eigenvalue weighted by atomic mass is 9.94. The molecule has 1 aromatic carbocycles. The summed E-state index contributed by atoms with van der Waals surface area (Å²) >= 11 is 0. The van der Waals surface area contributed by atoms with Crippen LogP contribution in [0.4, 0.5) is 0 Å². The summed E-state index contributed by atoms with van der Waals surface area (Å²) < 4.78 is 0. The molecule has 106 valence electrons. The van der Waals surface area contributed by atoms with Gasteiger partial charge in [0.1, 0.15) is 0 Å². The SMILES string of the molecule is CCCCCCCCCCC1CCc2ccccc21. The first-order valence-corrected chi connectivity index (χ1v) is 8.49. The van der Waals surface area contributed by atoms with E-state index in [9.17, 15) is 0 Å². The first kappa shape index (κ1) is 14.6. The molecule has 1 atom stereocenters. The van der Waals surface area contributed by atoms with Gasteiger partial charge in [-0.2, -0.15) is 0 Å². The maximum atomic E-state index is 2.36. The van der Waals surface area contributed by atoms with E-state index in [1.807, 2.05) is 0 Å². The molecular formula is C19H30. The minimum absolute atomic E-state index is 0.872. The van der Waals surface area contributed by atoms with Gasteiger partial charge in [-0.1, -0.05) is 82.6 Å². The second-order valence-electron chi connectivity index (χ2n) is 6.20. The topological polar surface area (TPSA) is 0 Å². The Bertz CT molecular complexity index is 353. The minimum atomic E-state index is 0.872. The summed E-state index contributed by atoms with van der Waals surface area (Å²) in [6.45, 7) is 2.29. The molecule has 0 radical (unpaired) electrons. The van der Waals surface area contributed by atoms with Gasteiger partial charge in [0, 0.05) is 0 Å². The van der Waals surface area contributed by atoms with Gasteiger partial charge in [-0.15, -0.1) is 0 Å². The molecule has 0 aliphatic heterocycles. The lowest BCUT2D eigenvalue weighted by molar-refractivity contribution is 0.527. The number of benzene rings is 1. The van der Waals surface area contributed by atoms with Crippen molar-refractivity contribution in [2.45, 2.75) is 83.5 Å². The highest BCUT2D eigenvalue weighted by Crippen LogP contribution is 2.36. The Morgan fingerprint density at radius 2 is 1.58 bits per heavy atom. The molecule has 0 amide bonds. The van der Waals surface area contributed by atoms with E-state index in [0.29, 0.717) is 0 Å². The third kappa shape index (κ3) is 4.67. The standard InChI is InChI=1S/C19H30/c1-2-3-4-5-6-7-8-9-12-17-15-16-18-13-10-11-14-19(17)18/h10-11,13-14,17H,2-9,12,15-16H2,1H3. The van der Waals surface area contributed by atoms with Gasteiger partial charge in [0.15, 0.2) is 0 Å². The third-order valence-electron chi connectivity index (χ3n) is 4.66. The van der Waals surface area contributed by atoms with Crippen LogP contribution in [-0.2, 0) is 6.42 Å². The van der Waals surface area contributed by atoms with Gasteiger partial charge in [-0.05, 0) is 36.3 Å². The highest BCUT2D eigenvalue weighted by molar-refractivity contribution is 5.34. The molecule has 0 spiro atoms. The molecule has 1 aliphatic rings. The van der Waals surface area contributed by atoms with E-state index >= 15 is 0 Å². The Kier molecular flexibility index (Phi) is 6.47. The van der Waals surface area contributed by atoms with Crippen LogP contribution in [0.5, 0.6) is 0 Å². The average molecular weight is 258 g/mol. The van der Waals surface area contributed by atoms with Crippen molar-refractivity contribution in [2.75, 3.05) is 0 Å². The van der Waals surface area contributed by atoms with Crippen LogP contribution in [-0.4, -0.2) is 0 Å². The second-order valence-corrected chi connectivity index (χ2v) is 6.20. The predicted octanol–water partition coefficient (Wildman–Crippen LogP) is 6.25. The molecule has 0 heterocycles. The molecule has 0 saturated carbocycles. The number of aryl methyl sites for hydroxylation is 1. The zero-order chi connectivity index (χ0) is 13.3. The zero-order valence-corrected chi connectivity index (χ0v) is 12.7. The highest BCUT2D eigenvalue weighted by atomic mass is 14.3. The van der Waals surface area contributed by atoms with Crippen LogP contribution >= 0.6 is 0 Å². The quantitative estimate of drug-likeness (QED) is 0.459. The smallest absolute Gasteiger partial charge is 0.0156 e. The van der Waals surface area contributed by atoms with Crippen molar-refractivity contribution < 1.29 is 0 Å². The number of hydrogen-bond donors (Lipinski definition) is 0. The number of rotatable bonds is 9. The molecular weight excluding hydrogens is 228 g/mol. The minimum Gasteiger partial charge on any atom is -0.0654 e. The Labute approximate surface area is 119 Å². The van der Waals surface area contributed by atoms with Gasteiger partial charge >= 0.3 is 0 Å². The maximum Gasteiger partial charge on any atom is -0.0156 e. The first-order chi connectivity index (χ1) is 9.42. The molecule has 19 heavy (non-hydrogen) atoms. The van der Waals surface area contributed by atoms with Gasteiger partial charge in [-0.25, -0.2) is 0 Å².